The lowest BCUT2D eigenvalue weighted by Gasteiger charge is -2.12. The molecule has 7 nitrogen and oxygen atoms in total. The number of para-hydroxylation sites is 1. The Morgan fingerprint density at radius 2 is 2.00 bits per heavy atom. The SMILES string of the molecule is COc1ccc(Cl)cc1NC(=O)Cn1c(-c2nnc(CC(C)C)o2)cc2ccccc21. The molecule has 0 aliphatic carbocycles. The third kappa shape index (κ3) is 4.56. The van der Waals surface area contributed by atoms with Gasteiger partial charge in [0.15, 0.2) is 0 Å². The third-order valence-electron chi connectivity index (χ3n) is 4.82. The second kappa shape index (κ2) is 8.81. The van der Waals surface area contributed by atoms with Crippen molar-refractivity contribution in [3.8, 4) is 17.3 Å². The number of carbonyl (C=O) groups excluding carboxylic acids is 1. The minimum absolute atomic E-state index is 0.0560. The van der Waals surface area contributed by atoms with Crippen molar-refractivity contribution in [2.75, 3.05) is 12.4 Å². The molecule has 4 aromatic rings. The number of nitrogens with one attached hydrogen (secondary N) is 1. The van der Waals surface area contributed by atoms with Crippen LogP contribution in [-0.2, 0) is 17.8 Å². The Balaban J connectivity index is 1.67. The van der Waals surface area contributed by atoms with Gasteiger partial charge in [-0.1, -0.05) is 43.6 Å². The van der Waals surface area contributed by atoms with E-state index in [4.69, 9.17) is 20.8 Å². The van der Waals surface area contributed by atoms with Gasteiger partial charge in [0, 0.05) is 22.3 Å². The van der Waals surface area contributed by atoms with Gasteiger partial charge in [0.25, 0.3) is 5.89 Å². The molecular weight excluding hydrogens is 416 g/mol. The zero-order chi connectivity index (χ0) is 22.0. The molecular formula is C23H23ClN4O3. The molecule has 0 unspecified atom stereocenters. The fourth-order valence-corrected chi connectivity index (χ4v) is 3.63. The zero-order valence-electron chi connectivity index (χ0n) is 17.6. The topological polar surface area (TPSA) is 82.2 Å². The molecule has 1 amide bonds. The van der Waals surface area contributed by atoms with E-state index in [0.717, 1.165) is 10.9 Å². The van der Waals surface area contributed by atoms with Crippen LogP contribution in [0, 0.1) is 5.92 Å². The molecule has 1 N–H and O–H groups in total. The van der Waals surface area contributed by atoms with Gasteiger partial charge in [-0.25, -0.2) is 0 Å². The summed E-state index contributed by atoms with van der Waals surface area (Å²) in [5.74, 6) is 1.67. The van der Waals surface area contributed by atoms with Crippen LogP contribution < -0.4 is 10.1 Å². The van der Waals surface area contributed by atoms with Crippen LogP contribution in [0.5, 0.6) is 5.75 Å². The number of amides is 1. The summed E-state index contributed by atoms with van der Waals surface area (Å²) < 4.78 is 13.1. The van der Waals surface area contributed by atoms with Gasteiger partial charge in [0.1, 0.15) is 18.0 Å². The van der Waals surface area contributed by atoms with Crippen LogP contribution in [-0.4, -0.2) is 27.8 Å². The minimum Gasteiger partial charge on any atom is -0.495 e. The van der Waals surface area contributed by atoms with Crippen LogP contribution in [0.15, 0.2) is 52.9 Å². The maximum absolute atomic E-state index is 12.9. The highest BCUT2D eigenvalue weighted by Crippen LogP contribution is 2.30. The Morgan fingerprint density at radius 3 is 2.77 bits per heavy atom. The first-order chi connectivity index (χ1) is 14.9. The molecule has 0 atom stereocenters. The monoisotopic (exact) mass is 438 g/mol. The standard InChI is InChI=1S/C23H23ClN4O3/c1-14(2)10-22-26-27-23(31-22)19-11-15-6-4-5-7-18(15)28(19)13-21(29)25-17-12-16(24)8-9-20(17)30-3/h4-9,11-12,14H,10,13H2,1-3H3,(H,25,29). The lowest BCUT2D eigenvalue weighted by Crippen LogP contribution is -2.19. The quantitative estimate of drug-likeness (QED) is 0.429. The van der Waals surface area contributed by atoms with Crippen LogP contribution in [0.3, 0.4) is 0 Å². The number of carbonyl (C=O) groups is 1. The van der Waals surface area contributed by atoms with Crippen molar-refractivity contribution in [1.29, 1.82) is 0 Å². The second-order valence-electron chi connectivity index (χ2n) is 7.67. The molecule has 2 aromatic heterocycles. The van der Waals surface area contributed by atoms with Crippen LogP contribution in [0.25, 0.3) is 22.5 Å². The summed E-state index contributed by atoms with van der Waals surface area (Å²) in [5.41, 5.74) is 2.10. The summed E-state index contributed by atoms with van der Waals surface area (Å²) in [5, 5.41) is 12.7. The zero-order valence-corrected chi connectivity index (χ0v) is 18.3. The summed E-state index contributed by atoms with van der Waals surface area (Å²) in [7, 11) is 1.54. The minimum atomic E-state index is -0.231. The van der Waals surface area contributed by atoms with Crippen LogP contribution in [0.4, 0.5) is 5.69 Å². The summed E-state index contributed by atoms with van der Waals surface area (Å²) >= 11 is 6.08. The molecule has 2 aromatic carbocycles. The summed E-state index contributed by atoms with van der Waals surface area (Å²) in [4.78, 5) is 12.9. The molecule has 0 saturated heterocycles. The van der Waals surface area contributed by atoms with E-state index in [9.17, 15) is 4.79 Å². The number of hydrogen-bond donors (Lipinski definition) is 1. The number of nitrogens with zero attached hydrogens (tertiary/aromatic N) is 3. The van der Waals surface area contributed by atoms with Crippen molar-refractivity contribution in [2.45, 2.75) is 26.8 Å². The number of benzene rings is 2. The number of fused-ring (bicyclic) bond motifs is 1. The molecule has 0 radical (unpaired) electrons. The Kier molecular flexibility index (Phi) is 5.95. The number of methoxy groups -OCH3 is 1. The number of halogens is 1. The molecule has 0 saturated carbocycles. The molecule has 2 heterocycles. The van der Waals surface area contributed by atoms with E-state index in [2.05, 4.69) is 29.4 Å². The smallest absolute Gasteiger partial charge is 0.264 e. The predicted molar refractivity (Wildman–Crippen MR) is 120 cm³/mol. The number of anilines is 1. The number of hydrogen-bond acceptors (Lipinski definition) is 5. The fraction of sp³-hybridized carbons (Fsp3) is 0.261. The lowest BCUT2D eigenvalue weighted by molar-refractivity contribution is -0.116. The largest absolute Gasteiger partial charge is 0.495 e. The van der Waals surface area contributed by atoms with E-state index in [-0.39, 0.29) is 12.5 Å². The summed E-state index contributed by atoms with van der Waals surface area (Å²) in [6.45, 7) is 4.24. The lowest BCUT2D eigenvalue weighted by atomic mass is 10.1. The molecule has 8 heteroatoms. The second-order valence-corrected chi connectivity index (χ2v) is 8.10. The van der Waals surface area contributed by atoms with Gasteiger partial charge in [0.05, 0.1) is 12.8 Å². The van der Waals surface area contributed by atoms with Gasteiger partial charge in [-0.2, -0.15) is 0 Å². The highest BCUT2D eigenvalue weighted by atomic mass is 35.5. The van der Waals surface area contributed by atoms with Gasteiger partial charge < -0.3 is 19.0 Å². The Morgan fingerprint density at radius 1 is 1.19 bits per heavy atom. The molecule has 31 heavy (non-hydrogen) atoms. The van der Waals surface area contributed by atoms with E-state index in [1.807, 2.05) is 34.9 Å². The number of rotatable bonds is 7. The maximum Gasteiger partial charge on any atom is 0.264 e. The first-order valence-electron chi connectivity index (χ1n) is 9.99. The molecule has 0 aliphatic rings. The average Bonchev–Trinajstić information content (AvgIpc) is 3.32. The Hall–Kier alpha value is -3.32. The van der Waals surface area contributed by atoms with Crippen LogP contribution >= 0.6 is 11.6 Å². The van der Waals surface area contributed by atoms with Gasteiger partial charge in [0.2, 0.25) is 11.8 Å². The highest BCUT2D eigenvalue weighted by molar-refractivity contribution is 6.31. The van der Waals surface area contributed by atoms with Gasteiger partial charge >= 0.3 is 0 Å². The van der Waals surface area contributed by atoms with Crippen molar-refractivity contribution >= 4 is 34.1 Å². The molecule has 0 spiro atoms. The molecule has 0 fully saturated rings. The van der Waals surface area contributed by atoms with Crippen LogP contribution in [0.2, 0.25) is 5.02 Å². The van der Waals surface area contributed by atoms with E-state index in [0.29, 0.717) is 46.3 Å². The maximum atomic E-state index is 12.9. The third-order valence-corrected chi connectivity index (χ3v) is 5.05. The van der Waals surface area contributed by atoms with Gasteiger partial charge in [-0.3, -0.25) is 4.79 Å². The molecule has 0 aliphatic heterocycles. The summed E-state index contributed by atoms with van der Waals surface area (Å²) in [6, 6.07) is 14.8. The van der Waals surface area contributed by atoms with Crippen molar-refractivity contribution in [2.24, 2.45) is 5.92 Å². The van der Waals surface area contributed by atoms with E-state index in [1.165, 1.54) is 0 Å². The Bertz CT molecular complexity index is 1230. The van der Waals surface area contributed by atoms with Crippen molar-refractivity contribution in [1.82, 2.24) is 14.8 Å². The van der Waals surface area contributed by atoms with Crippen molar-refractivity contribution < 1.29 is 13.9 Å². The molecule has 160 valence electrons. The average molecular weight is 439 g/mol. The fourth-order valence-electron chi connectivity index (χ4n) is 3.46. The predicted octanol–water partition coefficient (Wildman–Crippen LogP) is 5.19. The van der Waals surface area contributed by atoms with E-state index >= 15 is 0 Å². The molecule has 4 rings (SSSR count). The first-order valence-corrected chi connectivity index (χ1v) is 10.4. The van der Waals surface area contributed by atoms with Crippen molar-refractivity contribution in [3.63, 3.8) is 0 Å². The molecule has 0 bridgehead atoms. The number of aromatic nitrogens is 3. The van der Waals surface area contributed by atoms with E-state index < -0.39 is 0 Å². The number of ether oxygens (including phenoxy) is 1. The first kappa shape index (κ1) is 20.9. The highest BCUT2D eigenvalue weighted by Gasteiger charge is 2.19. The Labute approximate surface area is 185 Å². The van der Waals surface area contributed by atoms with Gasteiger partial charge in [-0.15, -0.1) is 10.2 Å². The van der Waals surface area contributed by atoms with Crippen molar-refractivity contribution in [3.05, 3.63) is 59.4 Å². The van der Waals surface area contributed by atoms with Crippen LogP contribution in [0.1, 0.15) is 19.7 Å². The summed E-state index contributed by atoms with van der Waals surface area (Å²) in [6.07, 6.45) is 0.697. The van der Waals surface area contributed by atoms with Gasteiger partial charge in [-0.05, 0) is 36.2 Å². The normalized spacial score (nSPS) is 11.3. The van der Waals surface area contributed by atoms with E-state index in [1.54, 1.807) is 25.3 Å².